The summed E-state index contributed by atoms with van der Waals surface area (Å²) in [5.41, 5.74) is 11.1. The summed E-state index contributed by atoms with van der Waals surface area (Å²) >= 11 is 0. The molecule has 2 aromatic carbocycles. The molecule has 0 bridgehead atoms. The van der Waals surface area contributed by atoms with Crippen LogP contribution in [0, 0.1) is 0 Å². The zero-order chi connectivity index (χ0) is 20.6. The number of nitrogens with zero attached hydrogens (tertiary/aromatic N) is 3. The third-order valence-corrected chi connectivity index (χ3v) is 5.17. The zero-order valence-corrected chi connectivity index (χ0v) is 17.9. The minimum Gasteiger partial charge on any atom is -0.384 e. The smallest absolute Gasteiger partial charge is 0.0730 e. The second-order valence-electron chi connectivity index (χ2n) is 7.74. The standard InChI is InChI=1S/C24H33N5/c1-28(2)20-12-10-19(11-13-20)23-18-24(21-8-4-5-9-22(21)27-23)26-15-7-17-29(3)16-6-14-25/h4-5,8-13,18H,6-7,14-17,25H2,1-3H3,(H,26,27). The Bertz CT molecular complexity index is 905. The average Bonchev–Trinajstić information content (AvgIpc) is 2.75. The van der Waals surface area contributed by atoms with Crippen molar-refractivity contribution in [1.29, 1.82) is 0 Å². The molecule has 0 aliphatic carbocycles. The monoisotopic (exact) mass is 391 g/mol. The van der Waals surface area contributed by atoms with Crippen molar-refractivity contribution in [3.8, 4) is 11.3 Å². The van der Waals surface area contributed by atoms with E-state index >= 15 is 0 Å². The molecule has 3 aromatic rings. The van der Waals surface area contributed by atoms with Crippen LogP contribution in [0.5, 0.6) is 0 Å². The molecule has 1 heterocycles. The van der Waals surface area contributed by atoms with E-state index in [4.69, 9.17) is 10.7 Å². The lowest BCUT2D eigenvalue weighted by atomic mass is 10.1. The van der Waals surface area contributed by atoms with Crippen molar-refractivity contribution < 1.29 is 0 Å². The summed E-state index contributed by atoms with van der Waals surface area (Å²) in [6, 6.07) is 19.1. The molecule has 0 amide bonds. The van der Waals surface area contributed by atoms with Crippen LogP contribution in [-0.2, 0) is 0 Å². The van der Waals surface area contributed by atoms with Gasteiger partial charge in [-0.05, 0) is 63.8 Å². The molecule has 0 spiro atoms. The van der Waals surface area contributed by atoms with Crippen LogP contribution < -0.4 is 16.0 Å². The van der Waals surface area contributed by atoms with E-state index in [1.165, 1.54) is 5.69 Å². The fraction of sp³-hybridized carbons (Fsp3) is 0.375. The maximum atomic E-state index is 5.60. The number of nitrogens with one attached hydrogen (secondary N) is 1. The molecule has 0 aliphatic rings. The minimum absolute atomic E-state index is 0.754. The molecule has 5 nitrogen and oxygen atoms in total. The Balaban J connectivity index is 1.76. The first kappa shape index (κ1) is 21.1. The Morgan fingerprint density at radius 2 is 1.66 bits per heavy atom. The third kappa shape index (κ3) is 5.68. The highest BCUT2D eigenvalue weighted by atomic mass is 15.1. The molecule has 0 saturated heterocycles. The number of pyridine rings is 1. The lowest BCUT2D eigenvalue weighted by molar-refractivity contribution is 0.330. The first-order chi connectivity index (χ1) is 14.1. The zero-order valence-electron chi connectivity index (χ0n) is 17.9. The molecule has 0 aliphatic heterocycles. The highest BCUT2D eigenvalue weighted by molar-refractivity contribution is 5.93. The average molecular weight is 392 g/mol. The highest BCUT2D eigenvalue weighted by Crippen LogP contribution is 2.29. The molecule has 0 saturated carbocycles. The molecule has 0 radical (unpaired) electrons. The maximum absolute atomic E-state index is 5.60. The largest absolute Gasteiger partial charge is 0.384 e. The summed E-state index contributed by atoms with van der Waals surface area (Å²) in [7, 11) is 6.27. The fourth-order valence-corrected chi connectivity index (χ4v) is 3.44. The molecule has 3 rings (SSSR count). The Morgan fingerprint density at radius 3 is 2.38 bits per heavy atom. The van der Waals surface area contributed by atoms with Crippen molar-refractivity contribution in [2.24, 2.45) is 5.73 Å². The van der Waals surface area contributed by atoms with Crippen molar-refractivity contribution in [3.05, 3.63) is 54.6 Å². The van der Waals surface area contributed by atoms with Crippen LogP contribution in [0.25, 0.3) is 22.2 Å². The lowest BCUT2D eigenvalue weighted by Gasteiger charge is -2.17. The van der Waals surface area contributed by atoms with Crippen molar-refractivity contribution in [3.63, 3.8) is 0 Å². The number of anilines is 2. The number of rotatable bonds is 10. The molecule has 0 atom stereocenters. The van der Waals surface area contributed by atoms with Crippen molar-refractivity contribution >= 4 is 22.3 Å². The Labute approximate surface area is 174 Å². The molecule has 5 heteroatoms. The van der Waals surface area contributed by atoms with Gasteiger partial charge in [-0.25, -0.2) is 4.98 Å². The van der Waals surface area contributed by atoms with E-state index in [1.54, 1.807) is 0 Å². The van der Waals surface area contributed by atoms with Gasteiger partial charge in [-0.15, -0.1) is 0 Å². The predicted octanol–water partition coefficient (Wildman–Crippen LogP) is 4.05. The van der Waals surface area contributed by atoms with Gasteiger partial charge in [0, 0.05) is 43.0 Å². The second kappa shape index (κ2) is 10.2. The van der Waals surface area contributed by atoms with Crippen LogP contribution in [0.2, 0.25) is 0 Å². The summed E-state index contributed by atoms with van der Waals surface area (Å²) in [6.07, 6.45) is 2.14. The van der Waals surface area contributed by atoms with Gasteiger partial charge in [0.05, 0.1) is 11.2 Å². The molecule has 1 aromatic heterocycles. The van der Waals surface area contributed by atoms with Gasteiger partial charge < -0.3 is 20.9 Å². The van der Waals surface area contributed by atoms with Gasteiger partial charge in [0.25, 0.3) is 0 Å². The van der Waals surface area contributed by atoms with Gasteiger partial charge in [-0.1, -0.05) is 30.3 Å². The van der Waals surface area contributed by atoms with Gasteiger partial charge in [0.2, 0.25) is 0 Å². The summed E-state index contributed by atoms with van der Waals surface area (Å²) in [5, 5.41) is 4.80. The number of hydrogen-bond acceptors (Lipinski definition) is 5. The van der Waals surface area contributed by atoms with Crippen LogP contribution in [0.3, 0.4) is 0 Å². The first-order valence-electron chi connectivity index (χ1n) is 10.4. The Morgan fingerprint density at radius 1 is 0.931 bits per heavy atom. The van der Waals surface area contributed by atoms with E-state index in [0.29, 0.717) is 0 Å². The van der Waals surface area contributed by atoms with Crippen molar-refractivity contribution in [1.82, 2.24) is 9.88 Å². The summed E-state index contributed by atoms with van der Waals surface area (Å²) in [4.78, 5) is 9.35. The summed E-state index contributed by atoms with van der Waals surface area (Å²) < 4.78 is 0. The van der Waals surface area contributed by atoms with Crippen LogP contribution in [-0.4, -0.2) is 57.2 Å². The predicted molar refractivity (Wildman–Crippen MR) is 126 cm³/mol. The van der Waals surface area contributed by atoms with E-state index in [0.717, 1.165) is 66.9 Å². The first-order valence-corrected chi connectivity index (χ1v) is 10.4. The van der Waals surface area contributed by atoms with E-state index in [9.17, 15) is 0 Å². The molecular formula is C24H33N5. The number of fused-ring (bicyclic) bond motifs is 1. The molecule has 154 valence electrons. The highest BCUT2D eigenvalue weighted by Gasteiger charge is 2.08. The van der Waals surface area contributed by atoms with Crippen molar-refractivity contribution in [2.75, 3.05) is 57.5 Å². The normalized spacial score (nSPS) is 11.2. The Hall–Kier alpha value is -2.63. The van der Waals surface area contributed by atoms with E-state index < -0.39 is 0 Å². The van der Waals surface area contributed by atoms with Gasteiger partial charge in [0.1, 0.15) is 0 Å². The third-order valence-electron chi connectivity index (χ3n) is 5.17. The van der Waals surface area contributed by atoms with Crippen LogP contribution in [0.1, 0.15) is 12.8 Å². The SMILES string of the molecule is CN(CCCN)CCCNc1cc(-c2ccc(N(C)C)cc2)nc2ccccc12. The summed E-state index contributed by atoms with van der Waals surface area (Å²) in [6.45, 7) is 3.81. The van der Waals surface area contributed by atoms with Gasteiger partial charge >= 0.3 is 0 Å². The quantitative estimate of drug-likeness (QED) is 0.511. The minimum atomic E-state index is 0.754. The van der Waals surface area contributed by atoms with E-state index in [1.807, 2.05) is 6.07 Å². The lowest BCUT2D eigenvalue weighted by Crippen LogP contribution is -2.24. The van der Waals surface area contributed by atoms with Crippen LogP contribution in [0.15, 0.2) is 54.6 Å². The van der Waals surface area contributed by atoms with Crippen molar-refractivity contribution in [2.45, 2.75) is 12.8 Å². The molecule has 29 heavy (non-hydrogen) atoms. The molecule has 3 N–H and O–H groups in total. The molecular weight excluding hydrogens is 358 g/mol. The number of benzene rings is 2. The van der Waals surface area contributed by atoms with Gasteiger partial charge in [0.15, 0.2) is 0 Å². The Kier molecular flexibility index (Phi) is 7.44. The fourth-order valence-electron chi connectivity index (χ4n) is 3.44. The van der Waals surface area contributed by atoms with Crippen LogP contribution in [0.4, 0.5) is 11.4 Å². The van der Waals surface area contributed by atoms with Gasteiger partial charge in [-0.3, -0.25) is 0 Å². The summed E-state index contributed by atoms with van der Waals surface area (Å²) in [5.74, 6) is 0. The molecule has 0 fully saturated rings. The number of hydrogen-bond donors (Lipinski definition) is 2. The molecule has 0 unspecified atom stereocenters. The van der Waals surface area contributed by atoms with E-state index in [-0.39, 0.29) is 0 Å². The maximum Gasteiger partial charge on any atom is 0.0730 e. The number of nitrogens with two attached hydrogens (primary N) is 1. The van der Waals surface area contributed by atoms with Crippen LogP contribution >= 0.6 is 0 Å². The van der Waals surface area contributed by atoms with Gasteiger partial charge in [-0.2, -0.15) is 0 Å². The second-order valence-corrected chi connectivity index (χ2v) is 7.74. The number of aromatic nitrogens is 1. The number of para-hydroxylation sites is 1. The van der Waals surface area contributed by atoms with E-state index in [2.05, 4.69) is 84.8 Å². The topological polar surface area (TPSA) is 57.4 Å².